The Morgan fingerprint density at radius 2 is 1.93 bits per heavy atom. The molecule has 0 aromatic heterocycles. The highest BCUT2D eigenvalue weighted by Gasteiger charge is 2.28. The first-order valence-corrected chi connectivity index (χ1v) is 9.90. The number of amides is 2. The minimum atomic E-state index is -0.247. The van der Waals surface area contributed by atoms with Crippen LogP contribution in [0, 0.1) is 5.92 Å². The first-order chi connectivity index (χ1) is 13.6. The van der Waals surface area contributed by atoms with Gasteiger partial charge in [0.1, 0.15) is 5.75 Å². The van der Waals surface area contributed by atoms with Crippen LogP contribution < -0.4 is 10.1 Å². The minimum absolute atomic E-state index is 0.0244. The summed E-state index contributed by atoms with van der Waals surface area (Å²) in [7, 11) is 1.65. The molecule has 3 rings (SSSR count). The fraction of sp³-hybridized carbons (Fsp3) is 0.391. The highest BCUT2D eigenvalue weighted by Crippen LogP contribution is 2.28. The predicted octanol–water partition coefficient (Wildman–Crippen LogP) is 3.28. The van der Waals surface area contributed by atoms with Gasteiger partial charge in [-0.2, -0.15) is 0 Å². The van der Waals surface area contributed by atoms with Gasteiger partial charge in [-0.3, -0.25) is 9.59 Å². The summed E-state index contributed by atoms with van der Waals surface area (Å²) in [6.07, 6.45) is 1.95. The van der Waals surface area contributed by atoms with E-state index in [1.807, 2.05) is 48.2 Å². The summed E-state index contributed by atoms with van der Waals surface area (Å²) in [5.74, 6) is 0.723. The van der Waals surface area contributed by atoms with Gasteiger partial charge in [-0.1, -0.05) is 43.3 Å². The summed E-state index contributed by atoms with van der Waals surface area (Å²) < 4.78 is 5.25. The lowest BCUT2D eigenvalue weighted by Gasteiger charge is -2.23. The van der Waals surface area contributed by atoms with E-state index in [-0.39, 0.29) is 17.7 Å². The molecular weight excluding hydrogens is 352 g/mol. The number of benzene rings is 2. The highest BCUT2D eigenvalue weighted by molar-refractivity contribution is 5.82. The SMILES string of the molecule is CCCC(=O)N1CCNC(=O)C(Cc2ccccc2-c2ccc(OC)cc2)C1. The average molecular weight is 380 g/mol. The topological polar surface area (TPSA) is 58.6 Å². The Labute approximate surface area is 166 Å². The Morgan fingerprint density at radius 3 is 2.64 bits per heavy atom. The minimum Gasteiger partial charge on any atom is -0.497 e. The monoisotopic (exact) mass is 380 g/mol. The average Bonchev–Trinajstić information content (AvgIpc) is 2.90. The van der Waals surface area contributed by atoms with Crippen LogP contribution in [0.3, 0.4) is 0 Å². The second-order valence-electron chi connectivity index (χ2n) is 7.17. The van der Waals surface area contributed by atoms with Crippen LogP contribution in [-0.2, 0) is 16.0 Å². The van der Waals surface area contributed by atoms with Crippen molar-refractivity contribution in [1.29, 1.82) is 0 Å². The number of carbonyl (C=O) groups excluding carboxylic acids is 2. The smallest absolute Gasteiger partial charge is 0.225 e. The van der Waals surface area contributed by atoms with E-state index in [0.29, 0.717) is 32.5 Å². The predicted molar refractivity (Wildman–Crippen MR) is 110 cm³/mol. The number of rotatable bonds is 6. The highest BCUT2D eigenvalue weighted by atomic mass is 16.5. The van der Waals surface area contributed by atoms with Crippen molar-refractivity contribution >= 4 is 11.8 Å². The number of nitrogens with zero attached hydrogens (tertiary/aromatic N) is 1. The number of methoxy groups -OCH3 is 1. The molecule has 0 aliphatic carbocycles. The van der Waals surface area contributed by atoms with Crippen LogP contribution in [0.2, 0.25) is 0 Å². The summed E-state index contributed by atoms with van der Waals surface area (Å²) in [4.78, 5) is 26.8. The standard InChI is InChI=1S/C23H28N2O3/c1-3-6-22(26)25-14-13-24-23(27)19(16-25)15-18-7-4-5-8-21(18)17-9-11-20(28-2)12-10-17/h4-5,7-12,19H,3,6,13-16H2,1-2H3,(H,24,27). The van der Waals surface area contributed by atoms with Crippen molar-refractivity contribution in [3.05, 3.63) is 54.1 Å². The molecule has 1 saturated heterocycles. The second kappa shape index (κ2) is 9.40. The van der Waals surface area contributed by atoms with Crippen molar-refractivity contribution < 1.29 is 14.3 Å². The molecular formula is C23H28N2O3. The lowest BCUT2D eigenvalue weighted by molar-refractivity contribution is -0.132. The molecule has 2 aromatic rings. The lowest BCUT2D eigenvalue weighted by atomic mass is 9.91. The van der Waals surface area contributed by atoms with E-state index in [0.717, 1.165) is 28.9 Å². The first kappa shape index (κ1) is 19.9. The molecule has 0 saturated carbocycles. The van der Waals surface area contributed by atoms with Crippen molar-refractivity contribution in [2.75, 3.05) is 26.7 Å². The maximum atomic E-state index is 12.6. The van der Waals surface area contributed by atoms with Gasteiger partial charge in [0.25, 0.3) is 0 Å². The van der Waals surface area contributed by atoms with Crippen molar-refractivity contribution in [2.45, 2.75) is 26.2 Å². The number of hydrogen-bond donors (Lipinski definition) is 1. The van der Waals surface area contributed by atoms with Crippen LogP contribution in [-0.4, -0.2) is 43.5 Å². The number of hydrogen-bond acceptors (Lipinski definition) is 3. The molecule has 1 fully saturated rings. The summed E-state index contributed by atoms with van der Waals surface area (Å²) >= 11 is 0. The van der Waals surface area contributed by atoms with Crippen molar-refractivity contribution in [1.82, 2.24) is 10.2 Å². The van der Waals surface area contributed by atoms with E-state index >= 15 is 0 Å². The third-order valence-electron chi connectivity index (χ3n) is 5.19. The molecule has 5 heteroatoms. The first-order valence-electron chi connectivity index (χ1n) is 9.90. The van der Waals surface area contributed by atoms with Gasteiger partial charge in [0.2, 0.25) is 11.8 Å². The number of carbonyl (C=O) groups is 2. The maximum Gasteiger partial charge on any atom is 0.225 e. The van der Waals surface area contributed by atoms with Gasteiger partial charge >= 0.3 is 0 Å². The molecule has 0 spiro atoms. The summed E-state index contributed by atoms with van der Waals surface area (Å²) in [5, 5.41) is 2.97. The Balaban J connectivity index is 1.83. The molecule has 28 heavy (non-hydrogen) atoms. The largest absolute Gasteiger partial charge is 0.497 e. The molecule has 148 valence electrons. The number of ether oxygens (including phenoxy) is 1. The van der Waals surface area contributed by atoms with Gasteiger partial charge in [-0.15, -0.1) is 0 Å². The van der Waals surface area contributed by atoms with Gasteiger partial charge in [0, 0.05) is 26.1 Å². The van der Waals surface area contributed by atoms with Gasteiger partial charge in [0.15, 0.2) is 0 Å². The van der Waals surface area contributed by atoms with E-state index < -0.39 is 0 Å². The molecule has 1 atom stereocenters. The van der Waals surface area contributed by atoms with E-state index in [2.05, 4.69) is 17.4 Å². The van der Waals surface area contributed by atoms with Gasteiger partial charge in [-0.05, 0) is 41.7 Å². The third kappa shape index (κ3) is 4.71. The fourth-order valence-electron chi connectivity index (χ4n) is 3.67. The van der Waals surface area contributed by atoms with Crippen LogP contribution in [0.4, 0.5) is 0 Å². The fourth-order valence-corrected chi connectivity index (χ4v) is 3.67. The van der Waals surface area contributed by atoms with E-state index in [4.69, 9.17) is 4.74 Å². The summed E-state index contributed by atoms with van der Waals surface area (Å²) in [5.41, 5.74) is 3.30. The summed E-state index contributed by atoms with van der Waals surface area (Å²) in [6, 6.07) is 16.1. The van der Waals surface area contributed by atoms with Crippen molar-refractivity contribution in [3.8, 4) is 16.9 Å². The molecule has 1 unspecified atom stereocenters. The van der Waals surface area contributed by atoms with Crippen LogP contribution in [0.1, 0.15) is 25.3 Å². The molecule has 2 aromatic carbocycles. The van der Waals surface area contributed by atoms with Gasteiger partial charge in [-0.25, -0.2) is 0 Å². The molecule has 0 bridgehead atoms. The molecule has 0 radical (unpaired) electrons. The van der Waals surface area contributed by atoms with Crippen LogP contribution in [0.5, 0.6) is 5.75 Å². The molecule has 1 aliphatic heterocycles. The Kier molecular flexibility index (Phi) is 6.69. The number of nitrogens with one attached hydrogen (secondary N) is 1. The third-order valence-corrected chi connectivity index (χ3v) is 5.19. The van der Waals surface area contributed by atoms with Gasteiger partial charge in [0.05, 0.1) is 13.0 Å². The second-order valence-corrected chi connectivity index (χ2v) is 7.17. The quantitative estimate of drug-likeness (QED) is 0.837. The zero-order valence-electron chi connectivity index (χ0n) is 16.6. The van der Waals surface area contributed by atoms with Gasteiger partial charge < -0.3 is 15.0 Å². The maximum absolute atomic E-state index is 12.6. The molecule has 1 N–H and O–H groups in total. The van der Waals surface area contributed by atoms with Crippen LogP contribution in [0.15, 0.2) is 48.5 Å². The summed E-state index contributed by atoms with van der Waals surface area (Å²) in [6.45, 7) is 3.58. The molecule has 1 aliphatic rings. The van der Waals surface area contributed by atoms with E-state index in [9.17, 15) is 9.59 Å². The normalized spacial score (nSPS) is 17.0. The van der Waals surface area contributed by atoms with Crippen LogP contribution in [0.25, 0.3) is 11.1 Å². The zero-order chi connectivity index (χ0) is 19.9. The van der Waals surface area contributed by atoms with Crippen LogP contribution >= 0.6 is 0 Å². The molecule has 2 amide bonds. The van der Waals surface area contributed by atoms with Crippen molar-refractivity contribution in [3.63, 3.8) is 0 Å². The van der Waals surface area contributed by atoms with E-state index in [1.54, 1.807) is 7.11 Å². The van der Waals surface area contributed by atoms with E-state index in [1.165, 1.54) is 0 Å². The van der Waals surface area contributed by atoms with Crippen molar-refractivity contribution in [2.24, 2.45) is 5.92 Å². The molecule has 1 heterocycles. The molecule has 5 nitrogen and oxygen atoms in total. The Morgan fingerprint density at radius 1 is 1.18 bits per heavy atom. The Bertz CT molecular complexity index is 817. The zero-order valence-corrected chi connectivity index (χ0v) is 16.6. The Hall–Kier alpha value is -2.82. The lowest BCUT2D eigenvalue weighted by Crippen LogP contribution is -2.37.